The summed E-state index contributed by atoms with van der Waals surface area (Å²) in [4.78, 5) is 13.1. The van der Waals surface area contributed by atoms with Gasteiger partial charge in [-0.2, -0.15) is 0 Å². The highest BCUT2D eigenvalue weighted by molar-refractivity contribution is 7.80. The lowest BCUT2D eigenvalue weighted by atomic mass is 10.1. The highest BCUT2D eigenvalue weighted by Gasteiger charge is 2.06. The number of para-hydroxylation sites is 1. The predicted molar refractivity (Wildman–Crippen MR) is 128 cm³/mol. The van der Waals surface area contributed by atoms with Crippen LogP contribution in [0.1, 0.15) is 13.2 Å². The molecule has 0 atom stereocenters. The largest absolute Gasteiger partial charge is 0.412 e. The molecule has 0 heterocycles. The van der Waals surface area contributed by atoms with Gasteiger partial charge in [-0.3, -0.25) is 4.79 Å². The number of anilines is 2. The van der Waals surface area contributed by atoms with Gasteiger partial charge >= 0.3 is 0 Å². The summed E-state index contributed by atoms with van der Waals surface area (Å²) in [6.07, 6.45) is 0. The number of thiol groups is 1. The first-order chi connectivity index (χ1) is 13.1. The SMILES string of the molecule is Nc1ccccc1.O.O.O=C(Nc1ccc(S)cc1)c1ccc2ccccc2c1.[HH].[HH]. The second-order valence-corrected chi connectivity index (χ2v) is 6.49. The molecule has 0 saturated carbocycles. The summed E-state index contributed by atoms with van der Waals surface area (Å²) >= 11 is 4.22. The molecule has 4 rings (SSSR count). The zero-order valence-corrected chi connectivity index (χ0v) is 16.6. The van der Waals surface area contributed by atoms with Crippen LogP contribution in [0.4, 0.5) is 11.4 Å². The summed E-state index contributed by atoms with van der Waals surface area (Å²) in [5.41, 5.74) is 7.60. The van der Waals surface area contributed by atoms with Crippen LogP contribution in [0, 0.1) is 0 Å². The number of carbonyl (C=O) groups excluding carboxylic acids is 1. The van der Waals surface area contributed by atoms with Gasteiger partial charge in [0.2, 0.25) is 0 Å². The lowest BCUT2D eigenvalue weighted by Gasteiger charge is -2.06. The average Bonchev–Trinajstić information content (AvgIpc) is 2.70. The highest BCUT2D eigenvalue weighted by atomic mass is 32.1. The standard InChI is InChI=1S/C17H13NOS.C6H7N.2H2O.2H2/c19-17(18-15-7-9-16(20)10-8-15)14-6-5-12-3-1-2-4-13(12)11-14;7-6-4-2-1-3-5-6;;;;/h1-11,20H,(H,18,19);1-5H,7H2;2*1H2;2*1H. The van der Waals surface area contributed by atoms with Gasteiger partial charge in [-0.15, -0.1) is 12.6 Å². The van der Waals surface area contributed by atoms with Gasteiger partial charge in [0.1, 0.15) is 0 Å². The molecule has 7 N–H and O–H groups in total. The molecular formula is C23H28N2O3S. The molecule has 0 radical (unpaired) electrons. The minimum atomic E-state index is -0.109. The maximum atomic E-state index is 12.2. The number of hydrogen-bond acceptors (Lipinski definition) is 3. The number of hydrogen-bond donors (Lipinski definition) is 3. The Morgan fingerprint density at radius 1 is 0.759 bits per heavy atom. The Morgan fingerprint density at radius 3 is 1.93 bits per heavy atom. The minimum Gasteiger partial charge on any atom is -0.412 e. The molecule has 154 valence electrons. The van der Waals surface area contributed by atoms with E-state index >= 15 is 0 Å². The Kier molecular flexibility index (Phi) is 9.41. The lowest BCUT2D eigenvalue weighted by molar-refractivity contribution is 0.102. The third-order valence-corrected chi connectivity index (χ3v) is 4.23. The first-order valence-electron chi connectivity index (χ1n) is 8.51. The van der Waals surface area contributed by atoms with Crippen LogP contribution in [-0.2, 0) is 0 Å². The van der Waals surface area contributed by atoms with E-state index in [9.17, 15) is 4.79 Å². The van der Waals surface area contributed by atoms with E-state index in [1.54, 1.807) is 0 Å². The molecule has 4 aromatic carbocycles. The van der Waals surface area contributed by atoms with Crippen molar-refractivity contribution < 1.29 is 18.6 Å². The van der Waals surface area contributed by atoms with Gasteiger partial charge in [0, 0.05) is 24.7 Å². The van der Waals surface area contributed by atoms with Crippen molar-refractivity contribution in [2.75, 3.05) is 11.1 Å². The van der Waals surface area contributed by atoms with Crippen LogP contribution in [0.5, 0.6) is 0 Å². The van der Waals surface area contributed by atoms with E-state index < -0.39 is 0 Å². The number of nitrogens with two attached hydrogens (primary N) is 1. The van der Waals surface area contributed by atoms with E-state index in [2.05, 4.69) is 17.9 Å². The number of fused-ring (bicyclic) bond motifs is 1. The quantitative estimate of drug-likeness (QED) is 0.332. The van der Waals surface area contributed by atoms with Gasteiger partial charge in [-0.05, 0) is 59.3 Å². The molecule has 0 aliphatic rings. The topological polar surface area (TPSA) is 118 Å². The van der Waals surface area contributed by atoms with Crippen molar-refractivity contribution >= 4 is 40.7 Å². The summed E-state index contributed by atoms with van der Waals surface area (Å²) in [6.45, 7) is 0. The Balaban J connectivity index is 0. The zero-order chi connectivity index (χ0) is 19.1. The van der Waals surface area contributed by atoms with Crippen molar-refractivity contribution in [2.24, 2.45) is 0 Å². The fourth-order valence-corrected chi connectivity index (χ4v) is 2.68. The van der Waals surface area contributed by atoms with Gasteiger partial charge in [-0.1, -0.05) is 48.5 Å². The van der Waals surface area contributed by atoms with E-state index in [0.29, 0.717) is 5.56 Å². The second kappa shape index (κ2) is 11.5. The third kappa shape index (κ3) is 6.97. The van der Waals surface area contributed by atoms with Crippen molar-refractivity contribution in [2.45, 2.75) is 4.90 Å². The summed E-state index contributed by atoms with van der Waals surface area (Å²) in [5, 5.41) is 5.07. The van der Waals surface area contributed by atoms with Crippen LogP contribution in [-0.4, -0.2) is 16.9 Å². The van der Waals surface area contributed by atoms with Crippen LogP contribution in [0.2, 0.25) is 0 Å². The molecule has 0 aliphatic heterocycles. The molecular weight excluding hydrogens is 384 g/mol. The Labute approximate surface area is 178 Å². The predicted octanol–water partition coefficient (Wildman–Crippen LogP) is 4.49. The minimum absolute atomic E-state index is 0. The van der Waals surface area contributed by atoms with Gasteiger partial charge in [-0.25, -0.2) is 0 Å². The molecule has 0 saturated heterocycles. The third-order valence-electron chi connectivity index (χ3n) is 3.94. The molecule has 0 spiro atoms. The number of rotatable bonds is 2. The summed E-state index contributed by atoms with van der Waals surface area (Å²) < 4.78 is 0. The second-order valence-electron chi connectivity index (χ2n) is 5.97. The molecule has 1 amide bonds. The smallest absolute Gasteiger partial charge is 0.255 e. The van der Waals surface area contributed by atoms with Crippen molar-refractivity contribution in [3.63, 3.8) is 0 Å². The zero-order valence-electron chi connectivity index (χ0n) is 15.7. The van der Waals surface area contributed by atoms with Crippen molar-refractivity contribution in [3.8, 4) is 0 Å². The maximum absolute atomic E-state index is 12.2. The summed E-state index contributed by atoms with van der Waals surface area (Å²) in [5.74, 6) is -0.109. The Morgan fingerprint density at radius 2 is 1.34 bits per heavy atom. The van der Waals surface area contributed by atoms with Crippen LogP contribution in [0.15, 0.2) is 102 Å². The molecule has 0 unspecified atom stereocenters. The van der Waals surface area contributed by atoms with Crippen molar-refractivity contribution in [1.29, 1.82) is 0 Å². The molecule has 0 aromatic heterocycles. The number of nitrogen functional groups attached to an aromatic ring is 1. The first kappa shape index (κ1) is 23.7. The molecule has 6 heteroatoms. The Hall–Kier alpha value is -3.32. The van der Waals surface area contributed by atoms with Crippen LogP contribution < -0.4 is 11.1 Å². The molecule has 0 bridgehead atoms. The van der Waals surface area contributed by atoms with Crippen molar-refractivity contribution in [1.82, 2.24) is 0 Å². The summed E-state index contributed by atoms with van der Waals surface area (Å²) in [6, 6.07) is 30.5. The lowest BCUT2D eigenvalue weighted by Crippen LogP contribution is -2.11. The van der Waals surface area contributed by atoms with E-state index in [0.717, 1.165) is 27.0 Å². The van der Waals surface area contributed by atoms with E-state index in [1.807, 2.05) is 97.1 Å². The molecule has 0 aliphatic carbocycles. The van der Waals surface area contributed by atoms with Crippen LogP contribution in [0.25, 0.3) is 10.8 Å². The fraction of sp³-hybridized carbons (Fsp3) is 0. The molecule has 4 aromatic rings. The number of benzene rings is 4. The number of nitrogens with one attached hydrogen (secondary N) is 1. The van der Waals surface area contributed by atoms with E-state index in [-0.39, 0.29) is 19.7 Å². The van der Waals surface area contributed by atoms with Crippen LogP contribution in [0.3, 0.4) is 0 Å². The summed E-state index contributed by atoms with van der Waals surface area (Å²) in [7, 11) is 0. The van der Waals surface area contributed by atoms with Gasteiger partial charge in [0.15, 0.2) is 0 Å². The monoisotopic (exact) mass is 412 g/mol. The molecule has 5 nitrogen and oxygen atoms in total. The first-order valence-corrected chi connectivity index (χ1v) is 8.96. The van der Waals surface area contributed by atoms with Crippen LogP contribution >= 0.6 is 12.6 Å². The van der Waals surface area contributed by atoms with E-state index in [1.165, 1.54) is 0 Å². The van der Waals surface area contributed by atoms with Gasteiger partial charge in [0.05, 0.1) is 0 Å². The van der Waals surface area contributed by atoms with Gasteiger partial charge in [0.25, 0.3) is 5.91 Å². The molecule has 29 heavy (non-hydrogen) atoms. The molecule has 0 fully saturated rings. The number of amides is 1. The maximum Gasteiger partial charge on any atom is 0.255 e. The Bertz CT molecular complexity index is 1050. The fourth-order valence-electron chi connectivity index (χ4n) is 2.53. The number of carbonyl (C=O) groups is 1. The highest BCUT2D eigenvalue weighted by Crippen LogP contribution is 2.17. The van der Waals surface area contributed by atoms with Crippen molar-refractivity contribution in [3.05, 3.63) is 103 Å². The normalized spacial score (nSPS) is 9.28. The van der Waals surface area contributed by atoms with Gasteiger partial charge < -0.3 is 22.0 Å². The van der Waals surface area contributed by atoms with E-state index in [4.69, 9.17) is 5.73 Å². The average molecular weight is 413 g/mol.